The minimum absolute atomic E-state index is 0.0597. The van der Waals surface area contributed by atoms with Gasteiger partial charge in [-0.25, -0.2) is 4.98 Å². The van der Waals surface area contributed by atoms with Crippen LogP contribution in [-0.2, 0) is 4.79 Å². The van der Waals surface area contributed by atoms with Crippen molar-refractivity contribution in [1.82, 2.24) is 4.98 Å². The monoisotopic (exact) mass is 404 g/mol. The number of nitrogens with zero attached hydrogens (tertiary/aromatic N) is 1. The number of aromatic nitrogens is 1. The van der Waals surface area contributed by atoms with Crippen molar-refractivity contribution in [1.29, 1.82) is 0 Å². The molecule has 148 valence electrons. The summed E-state index contributed by atoms with van der Waals surface area (Å²) in [6.07, 6.45) is 5.38. The molecule has 1 heterocycles. The van der Waals surface area contributed by atoms with Gasteiger partial charge in [0, 0.05) is 10.9 Å². The predicted octanol–water partition coefficient (Wildman–Crippen LogP) is 5.23. The predicted molar refractivity (Wildman–Crippen MR) is 116 cm³/mol. The highest BCUT2D eigenvalue weighted by Crippen LogP contribution is 2.61. The molecule has 1 aromatic heterocycles. The second-order valence-corrected chi connectivity index (χ2v) is 10.4. The minimum Gasteiger partial charge on any atom is -0.390 e. The molecule has 0 spiro atoms. The molecule has 3 aromatic rings. The average Bonchev–Trinajstić information content (AvgIpc) is 3.14. The molecule has 0 aliphatic heterocycles. The summed E-state index contributed by atoms with van der Waals surface area (Å²) in [4.78, 5) is 18.0. The van der Waals surface area contributed by atoms with Gasteiger partial charge in [0.25, 0.3) is 0 Å². The average molecular weight is 405 g/mol. The van der Waals surface area contributed by atoms with Gasteiger partial charge in [-0.15, -0.1) is 11.3 Å². The van der Waals surface area contributed by atoms with Gasteiger partial charge in [0.1, 0.15) is 0 Å². The van der Waals surface area contributed by atoms with Crippen LogP contribution in [0.4, 0.5) is 5.13 Å². The lowest BCUT2D eigenvalue weighted by Gasteiger charge is -2.59. The third-order valence-electron chi connectivity index (χ3n) is 7.28. The van der Waals surface area contributed by atoms with Gasteiger partial charge in [-0.2, -0.15) is 0 Å². The third-order valence-corrected chi connectivity index (χ3v) is 8.04. The Kier molecular flexibility index (Phi) is 3.72. The summed E-state index contributed by atoms with van der Waals surface area (Å²) < 4.78 is 0. The third kappa shape index (κ3) is 2.90. The fourth-order valence-corrected chi connectivity index (χ4v) is 7.24. The van der Waals surface area contributed by atoms with Crippen LogP contribution in [0.2, 0.25) is 0 Å². The molecule has 4 aliphatic carbocycles. The molecule has 4 fully saturated rings. The molecular weight excluding hydrogens is 380 g/mol. The molecule has 1 amide bonds. The number of nitrogens with one attached hydrogen (secondary N) is 1. The Morgan fingerprint density at radius 3 is 2.59 bits per heavy atom. The number of hydrogen-bond acceptors (Lipinski definition) is 4. The van der Waals surface area contributed by atoms with Gasteiger partial charge in [-0.05, 0) is 67.2 Å². The van der Waals surface area contributed by atoms with E-state index in [0.717, 1.165) is 36.9 Å². The Bertz CT molecular complexity index is 1110. The van der Waals surface area contributed by atoms with E-state index in [0.29, 0.717) is 23.4 Å². The maximum atomic E-state index is 13.3. The van der Waals surface area contributed by atoms with E-state index in [1.54, 1.807) is 0 Å². The lowest BCUT2D eigenvalue weighted by Crippen LogP contribution is -2.59. The SMILES string of the molecule is O=C(Nc1nc(-c2ccc3ccccc3c2)cs1)C12C[C@@H]3C[C@@H](CC(O)(C3)C1)C2. The summed E-state index contributed by atoms with van der Waals surface area (Å²) in [5, 5.41) is 19.1. The maximum Gasteiger partial charge on any atom is 0.232 e. The van der Waals surface area contributed by atoms with E-state index in [-0.39, 0.29) is 5.91 Å². The molecule has 2 unspecified atom stereocenters. The van der Waals surface area contributed by atoms with Crippen molar-refractivity contribution in [2.75, 3.05) is 5.32 Å². The fourth-order valence-electron chi connectivity index (χ4n) is 6.52. The molecule has 7 rings (SSSR count). The van der Waals surface area contributed by atoms with Gasteiger partial charge in [-0.3, -0.25) is 4.79 Å². The Balaban J connectivity index is 1.25. The van der Waals surface area contributed by atoms with Crippen molar-refractivity contribution in [3.8, 4) is 11.3 Å². The maximum absolute atomic E-state index is 13.3. The van der Waals surface area contributed by atoms with Crippen LogP contribution in [0.5, 0.6) is 0 Å². The standard InChI is InChI=1S/C24H24N2O2S/c27-21(23-9-15-7-16(10-23)12-24(28,11-15)14-23)26-22-25-20(13-29-22)19-6-5-17-3-1-2-4-18(17)8-19/h1-6,8,13,15-16,28H,7,9-12,14H2,(H,25,26,27)/t15-,16+,23?,24?. The van der Waals surface area contributed by atoms with E-state index in [4.69, 9.17) is 4.98 Å². The Hall–Kier alpha value is -2.24. The number of thiazole rings is 1. The number of anilines is 1. The van der Waals surface area contributed by atoms with Crippen LogP contribution in [0.1, 0.15) is 38.5 Å². The second kappa shape index (κ2) is 6.13. The van der Waals surface area contributed by atoms with Crippen LogP contribution in [0.15, 0.2) is 47.8 Å². The van der Waals surface area contributed by atoms with Crippen LogP contribution in [0.25, 0.3) is 22.0 Å². The van der Waals surface area contributed by atoms with Crippen LogP contribution < -0.4 is 5.32 Å². The largest absolute Gasteiger partial charge is 0.390 e. The Morgan fingerprint density at radius 2 is 1.83 bits per heavy atom. The van der Waals surface area contributed by atoms with Gasteiger partial charge in [0.15, 0.2) is 5.13 Å². The highest BCUT2D eigenvalue weighted by molar-refractivity contribution is 7.14. The van der Waals surface area contributed by atoms with Crippen molar-refractivity contribution in [2.45, 2.75) is 44.1 Å². The number of hydrogen-bond donors (Lipinski definition) is 2. The zero-order valence-corrected chi connectivity index (χ0v) is 17.0. The molecule has 4 saturated carbocycles. The van der Waals surface area contributed by atoms with Crippen LogP contribution in [0.3, 0.4) is 0 Å². The Labute approximate surface area is 174 Å². The zero-order valence-electron chi connectivity index (χ0n) is 16.2. The summed E-state index contributed by atoms with van der Waals surface area (Å²) in [6, 6.07) is 14.6. The van der Waals surface area contributed by atoms with Crippen LogP contribution >= 0.6 is 11.3 Å². The van der Waals surface area contributed by atoms with E-state index >= 15 is 0 Å². The van der Waals surface area contributed by atoms with Gasteiger partial charge < -0.3 is 10.4 Å². The number of carbonyl (C=O) groups excluding carboxylic acids is 1. The number of fused-ring (bicyclic) bond motifs is 1. The molecule has 2 N–H and O–H groups in total. The van der Waals surface area contributed by atoms with E-state index in [1.165, 1.54) is 28.5 Å². The Morgan fingerprint density at radius 1 is 1.07 bits per heavy atom. The number of carbonyl (C=O) groups is 1. The number of aliphatic hydroxyl groups is 1. The van der Waals surface area contributed by atoms with E-state index in [9.17, 15) is 9.90 Å². The molecule has 2 aromatic carbocycles. The molecule has 5 heteroatoms. The van der Waals surface area contributed by atoms with E-state index in [1.807, 2.05) is 17.5 Å². The molecule has 4 nitrogen and oxygen atoms in total. The first-order valence-corrected chi connectivity index (χ1v) is 11.4. The fraction of sp³-hybridized carbons (Fsp3) is 0.417. The number of rotatable bonds is 3. The highest BCUT2D eigenvalue weighted by atomic mass is 32.1. The zero-order chi connectivity index (χ0) is 19.6. The first-order valence-electron chi connectivity index (χ1n) is 10.5. The molecular formula is C24H24N2O2S. The second-order valence-electron chi connectivity index (χ2n) is 9.52. The van der Waals surface area contributed by atoms with Crippen LogP contribution in [0, 0.1) is 17.3 Å². The van der Waals surface area contributed by atoms with Crippen molar-refractivity contribution in [3.63, 3.8) is 0 Å². The topological polar surface area (TPSA) is 62.2 Å². The molecule has 4 aliphatic rings. The van der Waals surface area contributed by atoms with Gasteiger partial charge in [-0.1, -0.05) is 36.4 Å². The molecule has 4 atom stereocenters. The quantitative estimate of drug-likeness (QED) is 0.628. The number of benzene rings is 2. The van der Waals surface area contributed by atoms with E-state index in [2.05, 4.69) is 35.6 Å². The first kappa shape index (κ1) is 17.6. The first-order chi connectivity index (χ1) is 14.0. The van der Waals surface area contributed by atoms with Crippen molar-refractivity contribution in [2.24, 2.45) is 17.3 Å². The van der Waals surface area contributed by atoms with Gasteiger partial charge in [0.05, 0.1) is 16.7 Å². The molecule has 29 heavy (non-hydrogen) atoms. The summed E-state index contributed by atoms with van der Waals surface area (Å²) in [7, 11) is 0. The normalized spacial score (nSPS) is 32.6. The van der Waals surface area contributed by atoms with Crippen molar-refractivity contribution in [3.05, 3.63) is 47.8 Å². The van der Waals surface area contributed by atoms with Gasteiger partial charge >= 0.3 is 0 Å². The molecule has 4 bridgehead atoms. The summed E-state index contributed by atoms with van der Waals surface area (Å²) in [5.74, 6) is 1.05. The highest BCUT2D eigenvalue weighted by Gasteiger charge is 2.60. The minimum atomic E-state index is -0.624. The van der Waals surface area contributed by atoms with E-state index < -0.39 is 11.0 Å². The smallest absolute Gasteiger partial charge is 0.232 e. The summed E-state index contributed by atoms with van der Waals surface area (Å²) >= 11 is 1.48. The van der Waals surface area contributed by atoms with Crippen molar-refractivity contribution >= 4 is 33.1 Å². The lowest BCUT2D eigenvalue weighted by molar-refractivity contribution is -0.174. The summed E-state index contributed by atoms with van der Waals surface area (Å²) in [6.45, 7) is 0. The molecule has 0 saturated heterocycles. The summed E-state index contributed by atoms with van der Waals surface area (Å²) in [5.41, 5.74) is 0.915. The van der Waals surface area contributed by atoms with Crippen LogP contribution in [-0.4, -0.2) is 21.6 Å². The molecule has 0 radical (unpaired) electrons. The lowest BCUT2D eigenvalue weighted by atomic mass is 9.47. The van der Waals surface area contributed by atoms with Gasteiger partial charge in [0.2, 0.25) is 5.91 Å². The van der Waals surface area contributed by atoms with Crippen molar-refractivity contribution < 1.29 is 9.90 Å². The number of amides is 1.